The minimum atomic E-state index is 0.103. The van der Waals surface area contributed by atoms with Crippen molar-refractivity contribution in [3.8, 4) is 0 Å². The molecule has 1 unspecified atom stereocenters. The Morgan fingerprint density at radius 2 is 2.29 bits per heavy atom. The summed E-state index contributed by atoms with van der Waals surface area (Å²) in [6.45, 7) is 8.60. The van der Waals surface area contributed by atoms with Crippen LogP contribution < -0.4 is 10.6 Å². The van der Waals surface area contributed by atoms with Gasteiger partial charge in [0.15, 0.2) is 0 Å². The van der Waals surface area contributed by atoms with Gasteiger partial charge in [0, 0.05) is 12.6 Å². The van der Waals surface area contributed by atoms with Crippen molar-refractivity contribution >= 4 is 0 Å². The van der Waals surface area contributed by atoms with Gasteiger partial charge in [-0.25, -0.2) is 0 Å². The molecule has 0 aromatic carbocycles. The molecule has 0 amide bonds. The largest absolute Gasteiger partial charge is 0.383 e. The number of piperidine rings is 1. The first-order valence-corrected chi connectivity index (χ1v) is 5.59. The van der Waals surface area contributed by atoms with Gasteiger partial charge in [-0.3, -0.25) is 0 Å². The van der Waals surface area contributed by atoms with Crippen LogP contribution in [0.3, 0.4) is 0 Å². The molecule has 0 radical (unpaired) electrons. The van der Waals surface area contributed by atoms with Crippen molar-refractivity contribution < 1.29 is 4.74 Å². The smallest absolute Gasteiger partial charge is 0.0639 e. The monoisotopic (exact) mass is 200 g/mol. The molecule has 1 aliphatic heterocycles. The van der Waals surface area contributed by atoms with E-state index in [9.17, 15) is 0 Å². The lowest BCUT2D eigenvalue weighted by Gasteiger charge is -2.30. The predicted molar refractivity (Wildman–Crippen MR) is 59.6 cm³/mol. The van der Waals surface area contributed by atoms with E-state index in [0.29, 0.717) is 0 Å². The molecule has 3 nitrogen and oxygen atoms in total. The molecule has 0 saturated carbocycles. The van der Waals surface area contributed by atoms with Crippen molar-refractivity contribution in [3.63, 3.8) is 0 Å². The molecule has 1 rings (SSSR count). The van der Waals surface area contributed by atoms with Crippen LogP contribution in [0.5, 0.6) is 0 Å². The van der Waals surface area contributed by atoms with Crippen LogP contribution in [0.2, 0.25) is 0 Å². The lowest BCUT2D eigenvalue weighted by Crippen LogP contribution is -2.47. The zero-order valence-electron chi connectivity index (χ0n) is 9.73. The fraction of sp³-hybridized carbons (Fsp3) is 1.00. The summed E-state index contributed by atoms with van der Waals surface area (Å²) in [6.07, 6.45) is 2.67. The Kier molecular flexibility index (Phi) is 4.85. The van der Waals surface area contributed by atoms with Crippen molar-refractivity contribution in [1.29, 1.82) is 0 Å². The number of hydrogen-bond donors (Lipinski definition) is 2. The average Bonchev–Trinajstić information content (AvgIpc) is 2.17. The van der Waals surface area contributed by atoms with Crippen molar-refractivity contribution in [2.75, 3.05) is 33.4 Å². The fourth-order valence-corrected chi connectivity index (χ4v) is 1.93. The standard InChI is InChI=1S/C11H24N2O/c1-11(2,9-14-3)13-8-10-5-4-6-12-7-10/h10,12-13H,4-9H2,1-3H3. The van der Waals surface area contributed by atoms with Crippen LogP contribution in [0, 0.1) is 5.92 Å². The van der Waals surface area contributed by atoms with Gasteiger partial charge in [-0.1, -0.05) is 0 Å². The van der Waals surface area contributed by atoms with Gasteiger partial charge >= 0.3 is 0 Å². The van der Waals surface area contributed by atoms with E-state index in [0.717, 1.165) is 25.6 Å². The number of nitrogens with one attached hydrogen (secondary N) is 2. The molecular weight excluding hydrogens is 176 g/mol. The Bertz CT molecular complexity index is 153. The van der Waals surface area contributed by atoms with Crippen LogP contribution in [-0.4, -0.2) is 38.9 Å². The summed E-state index contributed by atoms with van der Waals surface area (Å²) in [5.41, 5.74) is 0.103. The van der Waals surface area contributed by atoms with E-state index >= 15 is 0 Å². The highest BCUT2D eigenvalue weighted by molar-refractivity contribution is 4.80. The quantitative estimate of drug-likeness (QED) is 0.694. The average molecular weight is 200 g/mol. The number of hydrogen-bond acceptors (Lipinski definition) is 3. The van der Waals surface area contributed by atoms with Crippen LogP contribution in [0.4, 0.5) is 0 Å². The molecule has 0 aromatic heterocycles. The van der Waals surface area contributed by atoms with E-state index in [-0.39, 0.29) is 5.54 Å². The van der Waals surface area contributed by atoms with Gasteiger partial charge in [-0.05, 0) is 52.2 Å². The Morgan fingerprint density at radius 3 is 2.86 bits per heavy atom. The fourth-order valence-electron chi connectivity index (χ4n) is 1.93. The van der Waals surface area contributed by atoms with Crippen LogP contribution in [0.25, 0.3) is 0 Å². The predicted octanol–water partition coefficient (Wildman–Crippen LogP) is 1.00. The first-order valence-electron chi connectivity index (χ1n) is 5.59. The first-order chi connectivity index (χ1) is 6.64. The van der Waals surface area contributed by atoms with E-state index in [1.54, 1.807) is 7.11 Å². The highest BCUT2D eigenvalue weighted by Gasteiger charge is 2.19. The summed E-state index contributed by atoms with van der Waals surface area (Å²) in [7, 11) is 1.76. The number of rotatable bonds is 5. The molecule has 0 aliphatic carbocycles. The van der Waals surface area contributed by atoms with Gasteiger partial charge < -0.3 is 15.4 Å². The lowest BCUT2D eigenvalue weighted by atomic mass is 9.98. The SMILES string of the molecule is COCC(C)(C)NCC1CCCNC1. The topological polar surface area (TPSA) is 33.3 Å². The van der Waals surface area contributed by atoms with E-state index < -0.39 is 0 Å². The van der Waals surface area contributed by atoms with Crippen LogP contribution in [0.1, 0.15) is 26.7 Å². The molecule has 0 bridgehead atoms. The molecule has 1 aliphatic rings. The zero-order chi connectivity index (χ0) is 10.4. The normalized spacial score (nSPS) is 23.8. The van der Waals surface area contributed by atoms with Crippen molar-refractivity contribution in [3.05, 3.63) is 0 Å². The summed E-state index contributed by atoms with van der Waals surface area (Å²) >= 11 is 0. The summed E-state index contributed by atoms with van der Waals surface area (Å²) in [5, 5.41) is 7.00. The van der Waals surface area contributed by atoms with Gasteiger partial charge in [0.1, 0.15) is 0 Å². The highest BCUT2D eigenvalue weighted by atomic mass is 16.5. The second kappa shape index (κ2) is 5.69. The Hall–Kier alpha value is -0.120. The Labute approximate surface area is 87.6 Å². The molecule has 1 atom stereocenters. The van der Waals surface area contributed by atoms with E-state index in [4.69, 9.17) is 4.74 Å². The molecule has 84 valence electrons. The third-order valence-corrected chi connectivity index (χ3v) is 2.77. The number of methoxy groups -OCH3 is 1. The maximum atomic E-state index is 5.17. The molecule has 1 heterocycles. The van der Waals surface area contributed by atoms with E-state index in [1.165, 1.54) is 19.4 Å². The van der Waals surface area contributed by atoms with Crippen molar-refractivity contribution in [1.82, 2.24) is 10.6 Å². The molecule has 3 heteroatoms. The first kappa shape index (κ1) is 12.0. The lowest BCUT2D eigenvalue weighted by molar-refractivity contribution is 0.124. The van der Waals surface area contributed by atoms with Gasteiger partial charge in [0.2, 0.25) is 0 Å². The van der Waals surface area contributed by atoms with Gasteiger partial charge in [0.05, 0.1) is 6.61 Å². The van der Waals surface area contributed by atoms with Gasteiger partial charge in [-0.2, -0.15) is 0 Å². The maximum absolute atomic E-state index is 5.17. The summed E-state index contributed by atoms with van der Waals surface area (Å²) in [4.78, 5) is 0. The summed E-state index contributed by atoms with van der Waals surface area (Å²) < 4.78 is 5.17. The molecule has 14 heavy (non-hydrogen) atoms. The van der Waals surface area contributed by atoms with Crippen molar-refractivity contribution in [2.45, 2.75) is 32.2 Å². The second-order valence-electron chi connectivity index (χ2n) is 4.91. The molecular formula is C11H24N2O. The molecule has 1 saturated heterocycles. The molecule has 0 aromatic rings. The maximum Gasteiger partial charge on any atom is 0.0639 e. The van der Waals surface area contributed by atoms with Crippen LogP contribution in [-0.2, 0) is 4.74 Å². The summed E-state index contributed by atoms with van der Waals surface area (Å²) in [6, 6.07) is 0. The zero-order valence-corrected chi connectivity index (χ0v) is 9.73. The van der Waals surface area contributed by atoms with Gasteiger partial charge in [0.25, 0.3) is 0 Å². The van der Waals surface area contributed by atoms with Gasteiger partial charge in [-0.15, -0.1) is 0 Å². The minimum Gasteiger partial charge on any atom is -0.383 e. The summed E-state index contributed by atoms with van der Waals surface area (Å²) in [5.74, 6) is 0.792. The highest BCUT2D eigenvalue weighted by Crippen LogP contribution is 2.10. The van der Waals surface area contributed by atoms with Crippen LogP contribution >= 0.6 is 0 Å². The Balaban J connectivity index is 2.17. The third-order valence-electron chi connectivity index (χ3n) is 2.77. The van der Waals surface area contributed by atoms with E-state index in [1.807, 2.05) is 0 Å². The molecule has 0 spiro atoms. The number of ether oxygens (including phenoxy) is 1. The minimum absolute atomic E-state index is 0.103. The van der Waals surface area contributed by atoms with E-state index in [2.05, 4.69) is 24.5 Å². The molecule has 2 N–H and O–H groups in total. The van der Waals surface area contributed by atoms with Crippen molar-refractivity contribution in [2.24, 2.45) is 5.92 Å². The molecule has 1 fully saturated rings. The second-order valence-corrected chi connectivity index (χ2v) is 4.91. The third kappa shape index (κ3) is 4.40. The Morgan fingerprint density at radius 1 is 1.50 bits per heavy atom. The van der Waals surface area contributed by atoms with Crippen LogP contribution in [0.15, 0.2) is 0 Å².